The van der Waals surface area contributed by atoms with E-state index >= 15 is 0 Å². The predicted octanol–water partition coefficient (Wildman–Crippen LogP) is 3.57. The van der Waals surface area contributed by atoms with Gasteiger partial charge in [-0.15, -0.1) is 0 Å². The molecule has 0 aliphatic heterocycles. The van der Waals surface area contributed by atoms with Crippen molar-refractivity contribution >= 4 is 33.3 Å². The van der Waals surface area contributed by atoms with Crippen molar-refractivity contribution in [3.63, 3.8) is 0 Å². The molecule has 3 N–H and O–H groups in total. The van der Waals surface area contributed by atoms with E-state index in [9.17, 15) is 0 Å². The summed E-state index contributed by atoms with van der Waals surface area (Å²) >= 11 is 9.26. The van der Waals surface area contributed by atoms with E-state index in [1.807, 2.05) is 18.2 Å². The number of nitrogens with two attached hydrogens (primary N) is 1. The van der Waals surface area contributed by atoms with Gasteiger partial charge in [-0.3, -0.25) is 0 Å². The second-order valence-electron chi connectivity index (χ2n) is 3.86. The Balaban J connectivity index is 2.06. The van der Waals surface area contributed by atoms with Crippen LogP contribution in [0.5, 0.6) is 0 Å². The minimum atomic E-state index is 0.552. The van der Waals surface area contributed by atoms with Crippen molar-refractivity contribution in [2.24, 2.45) is 5.73 Å². The van der Waals surface area contributed by atoms with Crippen molar-refractivity contribution in [3.05, 3.63) is 57.2 Å². The molecule has 5 heteroatoms. The van der Waals surface area contributed by atoms with Crippen LogP contribution in [-0.4, -0.2) is 4.98 Å². The molecular formula is C13H13BrClN3. The number of benzene rings is 1. The summed E-state index contributed by atoms with van der Waals surface area (Å²) < 4.78 is 0.852. The molecule has 2 rings (SSSR count). The number of nitrogens with one attached hydrogen (secondary N) is 1. The molecule has 0 spiro atoms. The standard InChI is InChI=1S/C13H13BrClN3/c14-12-5-11(15)8-18-13(12)17-7-10-3-1-2-9(4-10)6-16/h1-5,8H,6-7,16H2,(H,17,18). The van der Waals surface area contributed by atoms with Gasteiger partial charge in [0.1, 0.15) is 5.82 Å². The monoisotopic (exact) mass is 325 g/mol. The summed E-state index contributed by atoms with van der Waals surface area (Å²) in [5.41, 5.74) is 7.90. The van der Waals surface area contributed by atoms with Crippen molar-refractivity contribution in [2.75, 3.05) is 5.32 Å². The van der Waals surface area contributed by atoms with Crippen molar-refractivity contribution in [2.45, 2.75) is 13.1 Å². The molecule has 0 saturated heterocycles. The first-order valence-electron chi connectivity index (χ1n) is 5.52. The summed E-state index contributed by atoms with van der Waals surface area (Å²) in [5, 5.41) is 3.86. The molecule has 2 aromatic rings. The molecule has 0 atom stereocenters. The molecule has 0 aliphatic rings. The van der Waals surface area contributed by atoms with E-state index in [4.69, 9.17) is 17.3 Å². The number of halogens is 2. The molecule has 0 saturated carbocycles. The maximum absolute atomic E-state index is 5.84. The van der Waals surface area contributed by atoms with Crippen LogP contribution in [-0.2, 0) is 13.1 Å². The zero-order chi connectivity index (χ0) is 13.0. The van der Waals surface area contributed by atoms with Crippen LogP contribution in [0, 0.1) is 0 Å². The van der Waals surface area contributed by atoms with Gasteiger partial charge < -0.3 is 11.1 Å². The number of pyridine rings is 1. The Morgan fingerprint density at radius 1 is 1.28 bits per heavy atom. The fraction of sp³-hybridized carbons (Fsp3) is 0.154. The fourth-order valence-electron chi connectivity index (χ4n) is 1.60. The Kier molecular flexibility index (Phi) is 4.58. The molecule has 0 aliphatic carbocycles. The van der Waals surface area contributed by atoms with Crippen LogP contribution in [0.4, 0.5) is 5.82 Å². The molecule has 0 fully saturated rings. The average molecular weight is 327 g/mol. The van der Waals surface area contributed by atoms with Crippen molar-refractivity contribution in [1.29, 1.82) is 0 Å². The van der Waals surface area contributed by atoms with Crippen LogP contribution >= 0.6 is 27.5 Å². The first-order chi connectivity index (χ1) is 8.69. The van der Waals surface area contributed by atoms with Gasteiger partial charge in [-0.25, -0.2) is 4.98 Å². The normalized spacial score (nSPS) is 10.4. The highest BCUT2D eigenvalue weighted by molar-refractivity contribution is 9.10. The maximum Gasteiger partial charge on any atom is 0.140 e. The number of nitrogens with zero attached hydrogens (tertiary/aromatic N) is 1. The SMILES string of the molecule is NCc1cccc(CNc2ncc(Cl)cc2Br)c1. The zero-order valence-electron chi connectivity index (χ0n) is 9.66. The van der Waals surface area contributed by atoms with Crippen LogP contribution in [0.1, 0.15) is 11.1 Å². The van der Waals surface area contributed by atoms with Gasteiger partial charge in [-0.2, -0.15) is 0 Å². The lowest BCUT2D eigenvalue weighted by Crippen LogP contribution is -2.03. The molecule has 94 valence electrons. The van der Waals surface area contributed by atoms with Crippen molar-refractivity contribution in [1.82, 2.24) is 4.98 Å². The van der Waals surface area contributed by atoms with Gasteiger partial charge in [0, 0.05) is 19.3 Å². The third kappa shape index (κ3) is 3.45. The summed E-state index contributed by atoms with van der Waals surface area (Å²) in [5.74, 6) is 0.776. The topological polar surface area (TPSA) is 50.9 Å². The predicted molar refractivity (Wildman–Crippen MR) is 78.6 cm³/mol. The number of anilines is 1. The third-order valence-corrected chi connectivity index (χ3v) is 3.31. The van der Waals surface area contributed by atoms with E-state index in [0.29, 0.717) is 18.1 Å². The Hall–Kier alpha value is -1.10. The number of rotatable bonds is 4. The summed E-state index contributed by atoms with van der Waals surface area (Å²) in [4.78, 5) is 4.22. The lowest BCUT2D eigenvalue weighted by atomic mass is 10.1. The van der Waals surface area contributed by atoms with Crippen molar-refractivity contribution < 1.29 is 0 Å². The summed E-state index contributed by atoms with van der Waals surface area (Å²) in [6.07, 6.45) is 1.62. The Labute approximate surface area is 119 Å². The Bertz CT molecular complexity index is 546. The van der Waals surface area contributed by atoms with E-state index in [1.165, 1.54) is 5.56 Å². The van der Waals surface area contributed by atoms with E-state index in [1.54, 1.807) is 6.20 Å². The van der Waals surface area contributed by atoms with Crippen LogP contribution in [0.3, 0.4) is 0 Å². The van der Waals surface area contributed by atoms with Gasteiger partial charge in [0.25, 0.3) is 0 Å². The first kappa shape index (κ1) is 13.3. The highest BCUT2D eigenvalue weighted by atomic mass is 79.9. The molecule has 1 aromatic carbocycles. The lowest BCUT2D eigenvalue weighted by Gasteiger charge is -2.08. The minimum Gasteiger partial charge on any atom is -0.365 e. The first-order valence-corrected chi connectivity index (χ1v) is 6.69. The minimum absolute atomic E-state index is 0.552. The van der Waals surface area contributed by atoms with E-state index in [2.05, 4.69) is 38.4 Å². The van der Waals surface area contributed by atoms with Gasteiger partial charge in [-0.05, 0) is 33.1 Å². The van der Waals surface area contributed by atoms with E-state index in [0.717, 1.165) is 15.9 Å². The number of aromatic nitrogens is 1. The van der Waals surface area contributed by atoms with Crippen molar-refractivity contribution in [3.8, 4) is 0 Å². The van der Waals surface area contributed by atoms with E-state index in [-0.39, 0.29) is 0 Å². The Morgan fingerprint density at radius 3 is 2.78 bits per heavy atom. The van der Waals surface area contributed by atoms with Gasteiger partial charge in [-0.1, -0.05) is 35.9 Å². The van der Waals surface area contributed by atoms with Gasteiger partial charge >= 0.3 is 0 Å². The molecule has 1 aromatic heterocycles. The summed E-state index contributed by atoms with van der Waals surface area (Å²) in [6, 6.07) is 9.96. The van der Waals surface area contributed by atoms with Crippen LogP contribution < -0.4 is 11.1 Å². The van der Waals surface area contributed by atoms with Gasteiger partial charge in [0.15, 0.2) is 0 Å². The third-order valence-electron chi connectivity index (χ3n) is 2.49. The highest BCUT2D eigenvalue weighted by Gasteiger charge is 2.02. The highest BCUT2D eigenvalue weighted by Crippen LogP contribution is 2.23. The maximum atomic E-state index is 5.84. The summed E-state index contributed by atoms with van der Waals surface area (Å²) in [7, 11) is 0. The van der Waals surface area contributed by atoms with E-state index < -0.39 is 0 Å². The second-order valence-corrected chi connectivity index (χ2v) is 5.15. The quantitative estimate of drug-likeness (QED) is 0.903. The second kappa shape index (κ2) is 6.18. The largest absolute Gasteiger partial charge is 0.365 e. The van der Waals surface area contributed by atoms with Crippen LogP contribution in [0.25, 0.3) is 0 Å². The molecule has 0 radical (unpaired) electrons. The Morgan fingerprint density at radius 2 is 2.06 bits per heavy atom. The lowest BCUT2D eigenvalue weighted by molar-refractivity contribution is 1.04. The zero-order valence-corrected chi connectivity index (χ0v) is 12.0. The number of hydrogen-bond donors (Lipinski definition) is 2. The fourth-order valence-corrected chi connectivity index (χ4v) is 2.38. The van der Waals surface area contributed by atoms with Crippen LogP contribution in [0.2, 0.25) is 5.02 Å². The average Bonchev–Trinajstić information content (AvgIpc) is 2.38. The molecule has 0 unspecified atom stereocenters. The molecule has 0 bridgehead atoms. The van der Waals surface area contributed by atoms with Crippen LogP contribution in [0.15, 0.2) is 41.0 Å². The molecule has 0 amide bonds. The number of hydrogen-bond acceptors (Lipinski definition) is 3. The smallest absolute Gasteiger partial charge is 0.140 e. The molecule has 1 heterocycles. The molecular weight excluding hydrogens is 314 g/mol. The molecule has 3 nitrogen and oxygen atoms in total. The molecule has 18 heavy (non-hydrogen) atoms. The summed E-state index contributed by atoms with van der Waals surface area (Å²) in [6.45, 7) is 1.25. The van der Waals surface area contributed by atoms with Gasteiger partial charge in [0.05, 0.1) is 9.50 Å². The van der Waals surface area contributed by atoms with Gasteiger partial charge in [0.2, 0.25) is 0 Å².